The lowest BCUT2D eigenvalue weighted by atomic mass is 10.1. The van der Waals surface area contributed by atoms with Gasteiger partial charge in [0.2, 0.25) is 0 Å². The Bertz CT molecular complexity index is 493. The van der Waals surface area contributed by atoms with Gasteiger partial charge in [-0.1, -0.05) is 0 Å². The first-order valence-electron chi connectivity index (χ1n) is 6.95. The van der Waals surface area contributed by atoms with Gasteiger partial charge in [-0.15, -0.1) is 0 Å². The third-order valence-corrected chi connectivity index (χ3v) is 4.31. The van der Waals surface area contributed by atoms with Crippen LogP contribution >= 0.6 is 15.9 Å². The second-order valence-corrected chi connectivity index (χ2v) is 5.86. The average molecular weight is 345 g/mol. The van der Waals surface area contributed by atoms with Crippen LogP contribution in [0.25, 0.3) is 0 Å². The van der Waals surface area contributed by atoms with Crippen molar-refractivity contribution in [2.75, 3.05) is 39.4 Å². The maximum Gasteiger partial charge on any atom is 0.178 e. The van der Waals surface area contributed by atoms with Crippen LogP contribution in [0.2, 0.25) is 0 Å². The quantitative estimate of drug-likeness (QED) is 0.891. The van der Waals surface area contributed by atoms with E-state index in [0.717, 1.165) is 32.6 Å². The number of hydrogen-bond donors (Lipinski definition) is 1. The Kier molecular flexibility index (Phi) is 4.43. The van der Waals surface area contributed by atoms with Crippen molar-refractivity contribution in [1.82, 2.24) is 10.2 Å². The Morgan fingerprint density at radius 2 is 2.00 bits per heavy atom. The molecule has 2 aliphatic rings. The van der Waals surface area contributed by atoms with Gasteiger partial charge in [0.1, 0.15) is 5.82 Å². The average Bonchev–Trinajstić information content (AvgIpc) is 2.71. The highest BCUT2D eigenvalue weighted by atomic mass is 79.9. The predicted octanol–water partition coefficient (Wildman–Crippen LogP) is 2.15. The first-order chi connectivity index (χ1) is 9.75. The van der Waals surface area contributed by atoms with Crippen LogP contribution in [0.15, 0.2) is 10.5 Å². The molecule has 0 aliphatic carbocycles. The maximum atomic E-state index is 14.5. The molecule has 20 heavy (non-hydrogen) atoms. The number of nitrogens with one attached hydrogen (secondary N) is 1. The molecular formula is C14H18BrFN2O2. The minimum absolute atomic E-state index is 0.243. The number of ether oxygens (including phenoxy) is 2. The zero-order valence-electron chi connectivity index (χ0n) is 11.3. The predicted molar refractivity (Wildman–Crippen MR) is 77.9 cm³/mol. The number of halogens is 2. The van der Waals surface area contributed by atoms with Gasteiger partial charge in [-0.2, -0.15) is 0 Å². The maximum absolute atomic E-state index is 14.5. The molecular weight excluding hydrogens is 327 g/mol. The Labute approximate surface area is 126 Å². The van der Waals surface area contributed by atoms with E-state index in [4.69, 9.17) is 9.47 Å². The van der Waals surface area contributed by atoms with E-state index >= 15 is 0 Å². The second kappa shape index (κ2) is 6.28. The SMILES string of the molecule is Fc1c(CN2CCNCC2)cc2c(c1Br)OCCCO2. The van der Waals surface area contributed by atoms with E-state index in [-0.39, 0.29) is 5.82 Å². The van der Waals surface area contributed by atoms with E-state index in [1.807, 2.05) is 0 Å². The van der Waals surface area contributed by atoms with Crippen LogP contribution in [0.3, 0.4) is 0 Å². The molecule has 0 radical (unpaired) electrons. The van der Waals surface area contributed by atoms with E-state index < -0.39 is 0 Å². The normalized spacial score (nSPS) is 19.7. The minimum Gasteiger partial charge on any atom is -0.490 e. The van der Waals surface area contributed by atoms with Gasteiger partial charge < -0.3 is 14.8 Å². The molecule has 1 fully saturated rings. The molecule has 0 aromatic heterocycles. The van der Waals surface area contributed by atoms with Crippen LogP contribution < -0.4 is 14.8 Å². The van der Waals surface area contributed by atoms with Gasteiger partial charge in [-0.05, 0) is 22.0 Å². The van der Waals surface area contributed by atoms with Gasteiger partial charge in [0.15, 0.2) is 11.5 Å². The summed E-state index contributed by atoms with van der Waals surface area (Å²) in [5.41, 5.74) is 0.656. The molecule has 0 spiro atoms. The van der Waals surface area contributed by atoms with Crippen molar-refractivity contribution >= 4 is 15.9 Å². The van der Waals surface area contributed by atoms with Crippen LogP contribution in [-0.4, -0.2) is 44.3 Å². The van der Waals surface area contributed by atoms with Gasteiger partial charge >= 0.3 is 0 Å². The van der Waals surface area contributed by atoms with Gasteiger partial charge in [0.05, 0.1) is 17.7 Å². The zero-order chi connectivity index (χ0) is 13.9. The molecule has 0 saturated carbocycles. The van der Waals surface area contributed by atoms with Gasteiger partial charge in [-0.3, -0.25) is 4.90 Å². The first kappa shape index (κ1) is 14.1. The van der Waals surface area contributed by atoms with Crippen molar-refractivity contribution < 1.29 is 13.9 Å². The molecule has 0 atom stereocenters. The number of benzene rings is 1. The molecule has 4 nitrogen and oxygen atoms in total. The molecule has 2 heterocycles. The highest BCUT2D eigenvalue weighted by Crippen LogP contribution is 2.40. The Morgan fingerprint density at radius 3 is 2.80 bits per heavy atom. The smallest absolute Gasteiger partial charge is 0.178 e. The van der Waals surface area contributed by atoms with Gasteiger partial charge in [-0.25, -0.2) is 4.39 Å². The summed E-state index contributed by atoms with van der Waals surface area (Å²) < 4.78 is 26.1. The second-order valence-electron chi connectivity index (χ2n) is 5.07. The summed E-state index contributed by atoms with van der Waals surface area (Å²) in [4.78, 5) is 2.24. The fourth-order valence-electron chi connectivity index (χ4n) is 2.52. The molecule has 1 saturated heterocycles. The fraction of sp³-hybridized carbons (Fsp3) is 0.571. The lowest BCUT2D eigenvalue weighted by molar-refractivity contribution is 0.229. The molecule has 1 aromatic carbocycles. The van der Waals surface area contributed by atoms with Crippen molar-refractivity contribution in [2.24, 2.45) is 0 Å². The molecule has 6 heteroatoms. The highest BCUT2D eigenvalue weighted by molar-refractivity contribution is 9.10. The molecule has 1 N–H and O–H groups in total. The zero-order valence-corrected chi connectivity index (χ0v) is 12.8. The number of piperazine rings is 1. The monoisotopic (exact) mass is 344 g/mol. The summed E-state index contributed by atoms with van der Waals surface area (Å²) in [6.07, 6.45) is 0.815. The standard InChI is InChI=1S/C14H18BrFN2O2/c15-12-13(16)10(9-18-4-2-17-3-5-18)8-11-14(12)20-7-1-6-19-11/h8,17H,1-7,9H2. The highest BCUT2D eigenvalue weighted by Gasteiger charge is 2.22. The molecule has 110 valence electrons. The molecule has 3 rings (SSSR count). The van der Waals surface area contributed by atoms with Crippen LogP contribution in [0, 0.1) is 5.82 Å². The number of hydrogen-bond acceptors (Lipinski definition) is 4. The summed E-state index contributed by atoms with van der Waals surface area (Å²) in [5.74, 6) is 0.887. The van der Waals surface area contributed by atoms with Crippen LogP contribution in [0.5, 0.6) is 11.5 Å². The summed E-state index contributed by atoms with van der Waals surface area (Å²) in [6, 6.07) is 1.78. The number of fused-ring (bicyclic) bond motifs is 1. The van der Waals surface area contributed by atoms with Crippen LogP contribution in [0.4, 0.5) is 4.39 Å². The molecule has 1 aromatic rings. The largest absolute Gasteiger partial charge is 0.490 e. The lowest BCUT2D eigenvalue weighted by Gasteiger charge is -2.27. The van der Waals surface area contributed by atoms with Crippen molar-refractivity contribution in [3.05, 3.63) is 21.9 Å². The van der Waals surface area contributed by atoms with Crippen LogP contribution in [-0.2, 0) is 6.54 Å². The van der Waals surface area contributed by atoms with E-state index in [1.165, 1.54) is 0 Å². The number of nitrogens with zero attached hydrogens (tertiary/aromatic N) is 1. The Morgan fingerprint density at radius 1 is 1.25 bits per heavy atom. The lowest BCUT2D eigenvalue weighted by Crippen LogP contribution is -2.43. The van der Waals surface area contributed by atoms with Crippen molar-refractivity contribution in [3.8, 4) is 11.5 Å². The molecule has 0 bridgehead atoms. The first-order valence-corrected chi connectivity index (χ1v) is 7.74. The van der Waals surface area contributed by atoms with Crippen LogP contribution in [0.1, 0.15) is 12.0 Å². The molecule has 0 amide bonds. The van der Waals surface area contributed by atoms with E-state index in [9.17, 15) is 4.39 Å². The van der Waals surface area contributed by atoms with Crippen molar-refractivity contribution in [2.45, 2.75) is 13.0 Å². The Balaban J connectivity index is 1.86. The third kappa shape index (κ3) is 2.92. The number of rotatable bonds is 2. The third-order valence-electron chi connectivity index (χ3n) is 3.60. The van der Waals surface area contributed by atoms with E-state index in [1.54, 1.807) is 6.07 Å². The van der Waals surface area contributed by atoms with E-state index in [0.29, 0.717) is 41.3 Å². The summed E-state index contributed by atoms with van der Waals surface area (Å²) >= 11 is 3.31. The summed E-state index contributed by atoms with van der Waals surface area (Å²) in [6.45, 7) is 5.54. The summed E-state index contributed by atoms with van der Waals surface area (Å²) in [7, 11) is 0. The van der Waals surface area contributed by atoms with Crippen molar-refractivity contribution in [3.63, 3.8) is 0 Å². The Hall–Kier alpha value is -0.850. The molecule has 2 aliphatic heterocycles. The van der Waals surface area contributed by atoms with Crippen molar-refractivity contribution in [1.29, 1.82) is 0 Å². The van der Waals surface area contributed by atoms with E-state index in [2.05, 4.69) is 26.1 Å². The summed E-state index contributed by atoms with van der Waals surface area (Å²) in [5, 5.41) is 3.30. The van der Waals surface area contributed by atoms with Gasteiger partial charge in [0.25, 0.3) is 0 Å². The molecule has 0 unspecified atom stereocenters. The topological polar surface area (TPSA) is 33.7 Å². The van der Waals surface area contributed by atoms with Gasteiger partial charge in [0, 0.05) is 44.7 Å². The fourth-order valence-corrected chi connectivity index (χ4v) is 3.08. The minimum atomic E-state index is -0.243.